The standard InChI is InChI=1S/C20H14F3N3O2/c1-2-25-18(27)16-17(14-5-3-4-12(10-14)11-24)28-19(26-16)13-6-8-15(9-7-13)20(21,22)23/h3-10H,2H2,1H3,(H,25,27). The largest absolute Gasteiger partial charge is 0.435 e. The van der Waals surface area contributed by atoms with Gasteiger partial charge < -0.3 is 9.73 Å². The number of benzene rings is 2. The van der Waals surface area contributed by atoms with Crippen LogP contribution in [0.25, 0.3) is 22.8 Å². The second kappa shape index (κ2) is 7.56. The zero-order valence-corrected chi connectivity index (χ0v) is 14.7. The number of carbonyl (C=O) groups excluding carboxylic acids is 1. The normalized spacial score (nSPS) is 11.1. The molecule has 3 rings (SSSR count). The Hall–Kier alpha value is -3.60. The summed E-state index contributed by atoms with van der Waals surface area (Å²) in [7, 11) is 0. The van der Waals surface area contributed by atoms with Gasteiger partial charge in [0.1, 0.15) is 0 Å². The quantitative estimate of drug-likeness (QED) is 0.709. The lowest BCUT2D eigenvalue weighted by molar-refractivity contribution is -0.137. The molecule has 0 aliphatic heterocycles. The highest BCUT2D eigenvalue weighted by molar-refractivity contribution is 5.98. The van der Waals surface area contributed by atoms with Crippen molar-refractivity contribution in [1.29, 1.82) is 5.26 Å². The number of nitrogens with zero attached hydrogens (tertiary/aromatic N) is 2. The topological polar surface area (TPSA) is 78.9 Å². The molecule has 0 saturated carbocycles. The van der Waals surface area contributed by atoms with Gasteiger partial charge in [0.2, 0.25) is 5.89 Å². The Bertz CT molecular complexity index is 1050. The first-order chi connectivity index (χ1) is 13.3. The maximum Gasteiger partial charge on any atom is 0.416 e. The number of nitriles is 1. The highest BCUT2D eigenvalue weighted by Crippen LogP contribution is 2.33. The average molecular weight is 385 g/mol. The summed E-state index contributed by atoms with van der Waals surface area (Å²) in [6, 6.07) is 12.7. The molecule has 28 heavy (non-hydrogen) atoms. The second-order valence-corrected chi connectivity index (χ2v) is 5.82. The highest BCUT2D eigenvalue weighted by Gasteiger charge is 2.30. The van der Waals surface area contributed by atoms with E-state index in [1.807, 2.05) is 6.07 Å². The third kappa shape index (κ3) is 3.88. The van der Waals surface area contributed by atoms with E-state index in [9.17, 15) is 18.0 Å². The Kier molecular flexibility index (Phi) is 5.18. The molecule has 0 radical (unpaired) electrons. The number of nitrogens with one attached hydrogen (secondary N) is 1. The van der Waals surface area contributed by atoms with Gasteiger partial charge >= 0.3 is 6.18 Å². The van der Waals surface area contributed by atoms with E-state index in [0.717, 1.165) is 12.1 Å². The lowest BCUT2D eigenvalue weighted by atomic mass is 10.1. The van der Waals surface area contributed by atoms with E-state index in [-0.39, 0.29) is 17.3 Å². The Morgan fingerprint density at radius 1 is 1.18 bits per heavy atom. The fourth-order valence-corrected chi connectivity index (χ4v) is 2.57. The van der Waals surface area contributed by atoms with Crippen LogP contribution in [0.4, 0.5) is 13.2 Å². The van der Waals surface area contributed by atoms with Crippen LogP contribution in [0.1, 0.15) is 28.5 Å². The summed E-state index contributed by atoms with van der Waals surface area (Å²) in [4.78, 5) is 16.6. The van der Waals surface area contributed by atoms with Crippen LogP contribution >= 0.6 is 0 Å². The van der Waals surface area contributed by atoms with Gasteiger partial charge in [-0.05, 0) is 43.3 Å². The number of hydrogen-bond acceptors (Lipinski definition) is 4. The molecule has 0 spiro atoms. The smallest absolute Gasteiger partial charge is 0.416 e. The lowest BCUT2D eigenvalue weighted by Gasteiger charge is -2.06. The third-order valence-corrected chi connectivity index (χ3v) is 3.89. The van der Waals surface area contributed by atoms with Crippen molar-refractivity contribution >= 4 is 5.91 Å². The van der Waals surface area contributed by atoms with Gasteiger partial charge in [0, 0.05) is 17.7 Å². The van der Waals surface area contributed by atoms with E-state index in [4.69, 9.17) is 9.68 Å². The highest BCUT2D eigenvalue weighted by atomic mass is 19.4. The molecular formula is C20H14F3N3O2. The van der Waals surface area contributed by atoms with Crippen molar-refractivity contribution in [2.45, 2.75) is 13.1 Å². The second-order valence-electron chi connectivity index (χ2n) is 5.82. The number of aromatic nitrogens is 1. The van der Waals surface area contributed by atoms with E-state index >= 15 is 0 Å². The molecule has 8 heteroatoms. The number of oxazole rings is 1. The Morgan fingerprint density at radius 3 is 2.50 bits per heavy atom. The molecule has 1 heterocycles. The van der Waals surface area contributed by atoms with Crippen molar-refractivity contribution in [3.05, 3.63) is 65.4 Å². The van der Waals surface area contributed by atoms with E-state index in [1.54, 1.807) is 31.2 Å². The summed E-state index contributed by atoms with van der Waals surface area (Å²) in [5.41, 5.74) is 0.319. The fraction of sp³-hybridized carbons (Fsp3) is 0.150. The molecular weight excluding hydrogens is 371 g/mol. The molecule has 0 aliphatic carbocycles. The van der Waals surface area contributed by atoms with Crippen LogP contribution in [0.15, 0.2) is 52.9 Å². The molecule has 5 nitrogen and oxygen atoms in total. The van der Waals surface area contributed by atoms with Crippen molar-refractivity contribution in [2.75, 3.05) is 6.54 Å². The van der Waals surface area contributed by atoms with Gasteiger partial charge in [0.05, 0.1) is 17.2 Å². The Balaban J connectivity index is 2.09. The molecule has 1 amide bonds. The van der Waals surface area contributed by atoms with Crippen molar-refractivity contribution in [3.63, 3.8) is 0 Å². The van der Waals surface area contributed by atoms with Crippen molar-refractivity contribution in [1.82, 2.24) is 10.3 Å². The molecule has 1 N–H and O–H groups in total. The summed E-state index contributed by atoms with van der Waals surface area (Å²) >= 11 is 0. The summed E-state index contributed by atoms with van der Waals surface area (Å²) in [5, 5.41) is 11.7. The minimum Gasteiger partial charge on any atom is -0.435 e. The number of amides is 1. The van der Waals surface area contributed by atoms with Crippen molar-refractivity contribution in [2.24, 2.45) is 0 Å². The fourth-order valence-electron chi connectivity index (χ4n) is 2.57. The molecule has 0 fully saturated rings. The molecule has 2 aromatic carbocycles. The molecule has 0 bridgehead atoms. The van der Waals surface area contributed by atoms with Crippen LogP contribution < -0.4 is 5.32 Å². The number of carbonyl (C=O) groups is 1. The zero-order chi connectivity index (χ0) is 20.3. The van der Waals surface area contributed by atoms with Gasteiger partial charge in [0.25, 0.3) is 5.91 Å². The number of halogens is 3. The SMILES string of the molecule is CCNC(=O)c1nc(-c2ccc(C(F)(F)F)cc2)oc1-c1cccc(C#N)c1. The maximum absolute atomic E-state index is 12.8. The van der Waals surface area contributed by atoms with Crippen LogP contribution in [0.5, 0.6) is 0 Å². The summed E-state index contributed by atoms with van der Waals surface area (Å²) in [5.74, 6) is -0.341. The summed E-state index contributed by atoms with van der Waals surface area (Å²) in [6.07, 6.45) is -4.45. The number of rotatable bonds is 4. The van der Waals surface area contributed by atoms with E-state index in [2.05, 4.69) is 10.3 Å². The predicted molar refractivity (Wildman–Crippen MR) is 95.1 cm³/mol. The van der Waals surface area contributed by atoms with Crippen LogP contribution in [0.2, 0.25) is 0 Å². The van der Waals surface area contributed by atoms with Crippen molar-refractivity contribution in [3.8, 4) is 28.8 Å². The number of alkyl halides is 3. The van der Waals surface area contributed by atoms with E-state index in [1.165, 1.54) is 12.1 Å². The average Bonchev–Trinajstić information content (AvgIpc) is 3.13. The third-order valence-electron chi connectivity index (χ3n) is 3.89. The minimum absolute atomic E-state index is 0.00679. The zero-order valence-electron chi connectivity index (χ0n) is 14.7. The summed E-state index contributed by atoms with van der Waals surface area (Å²) in [6.45, 7) is 2.10. The predicted octanol–water partition coefficient (Wildman–Crippen LogP) is 4.65. The van der Waals surface area contributed by atoms with Gasteiger partial charge in [-0.3, -0.25) is 4.79 Å². The van der Waals surface area contributed by atoms with Gasteiger partial charge in [-0.15, -0.1) is 0 Å². The first-order valence-electron chi connectivity index (χ1n) is 8.30. The molecule has 142 valence electrons. The summed E-state index contributed by atoms with van der Waals surface area (Å²) < 4.78 is 44.0. The monoisotopic (exact) mass is 385 g/mol. The molecule has 1 aromatic heterocycles. The molecule has 3 aromatic rings. The minimum atomic E-state index is -4.45. The lowest BCUT2D eigenvalue weighted by Crippen LogP contribution is -2.23. The molecule has 0 aliphatic rings. The van der Waals surface area contributed by atoms with Crippen LogP contribution in [0.3, 0.4) is 0 Å². The van der Waals surface area contributed by atoms with Crippen molar-refractivity contribution < 1.29 is 22.4 Å². The van der Waals surface area contributed by atoms with Gasteiger partial charge in [-0.1, -0.05) is 12.1 Å². The Labute approximate surface area is 158 Å². The molecule has 0 atom stereocenters. The van der Waals surface area contributed by atoms with Gasteiger partial charge in [0.15, 0.2) is 11.5 Å². The Morgan fingerprint density at radius 2 is 1.89 bits per heavy atom. The van der Waals surface area contributed by atoms with E-state index in [0.29, 0.717) is 23.2 Å². The molecule has 0 saturated heterocycles. The molecule has 0 unspecified atom stereocenters. The first-order valence-corrected chi connectivity index (χ1v) is 8.30. The number of hydrogen-bond donors (Lipinski definition) is 1. The maximum atomic E-state index is 12.8. The van der Waals surface area contributed by atoms with Gasteiger partial charge in [-0.2, -0.15) is 18.4 Å². The first kappa shape index (κ1) is 19.2. The van der Waals surface area contributed by atoms with Crippen LogP contribution in [-0.4, -0.2) is 17.4 Å². The van der Waals surface area contributed by atoms with Crippen LogP contribution in [-0.2, 0) is 6.18 Å². The van der Waals surface area contributed by atoms with Gasteiger partial charge in [-0.25, -0.2) is 4.98 Å². The van der Waals surface area contributed by atoms with Crippen LogP contribution in [0, 0.1) is 11.3 Å². The van der Waals surface area contributed by atoms with E-state index < -0.39 is 17.6 Å².